The number of carbonyl (C=O) groups excluding carboxylic acids is 1. The summed E-state index contributed by atoms with van der Waals surface area (Å²) in [4.78, 5) is 14.9. The Morgan fingerprint density at radius 2 is 1.96 bits per heavy atom. The predicted molar refractivity (Wildman–Crippen MR) is 104 cm³/mol. The molecule has 0 bridgehead atoms. The van der Waals surface area contributed by atoms with Crippen molar-refractivity contribution in [1.82, 2.24) is 4.90 Å². The lowest BCUT2D eigenvalue weighted by Crippen LogP contribution is -2.36. The van der Waals surface area contributed by atoms with Crippen molar-refractivity contribution in [2.24, 2.45) is 0 Å². The topological polar surface area (TPSA) is 29.5 Å². The van der Waals surface area contributed by atoms with Gasteiger partial charge in [-0.25, -0.2) is 0 Å². The molecule has 4 rings (SSSR count). The van der Waals surface area contributed by atoms with E-state index >= 15 is 0 Å². The van der Waals surface area contributed by atoms with Gasteiger partial charge in [-0.1, -0.05) is 42.5 Å². The predicted octanol–water partition coefficient (Wildman–Crippen LogP) is 4.46. The number of ketones is 1. The molecule has 1 heterocycles. The van der Waals surface area contributed by atoms with E-state index in [9.17, 15) is 4.79 Å². The monoisotopic (exact) mass is 349 g/mol. The molecule has 0 N–H and O–H groups in total. The highest BCUT2D eigenvalue weighted by Gasteiger charge is 2.38. The molecule has 3 nitrogen and oxygen atoms in total. The molecular weight excluding hydrogens is 322 g/mol. The third-order valence-electron chi connectivity index (χ3n) is 6.08. The summed E-state index contributed by atoms with van der Waals surface area (Å²) < 4.78 is 5.57. The second-order valence-corrected chi connectivity index (χ2v) is 7.46. The number of carbonyl (C=O) groups is 1. The van der Waals surface area contributed by atoms with E-state index in [0.29, 0.717) is 18.4 Å². The Balaban J connectivity index is 1.37. The molecule has 1 saturated heterocycles. The summed E-state index contributed by atoms with van der Waals surface area (Å²) in [5, 5.41) is 0. The van der Waals surface area contributed by atoms with Gasteiger partial charge in [0.25, 0.3) is 0 Å². The Bertz CT molecular complexity index is 771. The number of nitrogens with zero attached hydrogens (tertiary/aromatic N) is 1. The zero-order valence-corrected chi connectivity index (χ0v) is 15.5. The van der Waals surface area contributed by atoms with Gasteiger partial charge in [-0.3, -0.25) is 9.69 Å². The molecule has 0 amide bonds. The van der Waals surface area contributed by atoms with Gasteiger partial charge in [0.05, 0.1) is 7.11 Å². The molecule has 26 heavy (non-hydrogen) atoms. The van der Waals surface area contributed by atoms with Crippen LogP contribution in [0.5, 0.6) is 5.75 Å². The van der Waals surface area contributed by atoms with Crippen molar-refractivity contribution >= 4 is 5.78 Å². The lowest BCUT2D eigenvalue weighted by Gasteiger charge is -2.34. The van der Waals surface area contributed by atoms with E-state index in [1.807, 2.05) is 30.3 Å². The molecule has 1 aliphatic carbocycles. The minimum absolute atomic E-state index is 0.264. The number of fused-ring (bicyclic) bond motifs is 3. The number of hydrogen-bond donors (Lipinski definition) is 0. The van der Waals surface area contributed by atoms with E-state index in [2.05, 4.69) is 23.1 Å². The Morgan fingerprint density at radius 1 is 1.12 bits per heavy atom. The fraction of sp³-hybridized carbons (Fsp3) is 0.435. The molecule has 2 atom stereocenters. The Hall–Kier alpha value is -2.13. The molecule has 2 aliphatic rings. The van der Waals surface area contributed by atoms with Crippen molar-refractivity contribution in [2.45, 2.75) is 44.1 Å². The van der Waals surface area contributed by atoms with Crippen LogP contribution in [0.1, 0.15) is 53.1 Å². The van der Waals surface area contributed by atoms with Crippen molar-refractivity contribution in [1.29, 1.82) is 0 Å². The lowest BCUT2D eigenvalue weighted by atomic mass is 9.79. The molecule has 3 heteroatoms. The zero-order chi connectivity index (χ0) is 17.9. The Morgan fingerprint density at radius 3 is 2.77 bits per heavy atom. The molecule has 1 fully saturated rings. The fourth-order valence-electron chi connectivity index (χ4n) is 4.83. The van der Waals surface area contributed by atoms with Crippen molar-refractivity contribution in [2.75, 3.05) is 20.2 Å². The second kappa shape index (κ2) is 7.63. The van der Waals surface area contributed by atoms with Crippen LogP contribution in [0.2, 0.25) is 0 Å². The molecule has 0 spiro atoms. The van der Waals surface area contributed by atoms with Gasteiger partial charge >= 0.3 is 0 Å². The first kappa shape index (κ1) is 17.3. The quantitative estimate of drug-likeness (QED) is 0.721. The third kappa shape index (κ3) is 3.28. The largest absolute Gasteiger partial charge is 0.496 e. The summed E-state index contributed by atoms with van der Waals surface area (Å²) >= 11 is 0. The first-order valence-corrected chi connectivity index (χ1v) is 9.76. The number of hydrogen-bond acceptors (Lipinski definition) is 3. The normalized spacial score (nSPS) is 21.9. The number of Topliss-reactive ketones (excluding diaryl/α,β-unsaturated/α-hetero) is 1. The van der Waals surface area contributed by atoms with Crippen LogP contribution in [0, 0.1) is 0 Å². The van der Waals surface area contributed by atoms with Crippen LogP contribution in [0.15, 0.2) is 48.5 Å². The van der Waals surface area contributed by atoms with Crippen LogP contribution in [0.4, 0.5) is 0 Å². The lowest BCUT2D eigenvalue weighted by molar-refractivity contribution is 0.0972. The van der Waals surface area contributed by atoms with Crippen LogP contribution in [-0.2, 0) is 6.42 Å². The molecule has 2 aromatic carbocycles. The van der Waals surface area contributed by atoms with E-state index in [4.69, 9.17) is 4.74 Å². The molecule has 136 valence electrons. The van der Waals surface area contributed by atoms with Gasteiger partial charge in [0.2, 0.25) is 0 Å². The van der Waals surface area contributed by atoms with E-state index < -0.39 is 0 Å². The van der Waals surface area contributed by atoms with Gasteiger partial charge in [0.15, 0.2) is 5.78 Å². The maximum atomic E-state index is 12.3. The van der Waals surface area contributed by atoms with Crippen molar-refractivity contribution in [3.05, 3.63) is 65.2 Å². The summed E-state index contributed by atoms with van der Waals surface area (Å²) in [5.74, 6) is 1.94. The highest BCUT2D eigenvalue weighted by molar-refractivity contribution is 5.95. The summed E-state index contributed by atoms with van der Waals surface area (Å²) in [6, 6.07) is 16.8. The molecule has 0 radical (unpaired) electrons. The van der Waals surface area contributed by atoms with Crippen LogP contribution < -0.4 is 4.74 Å². The molecular formula is C23H27NO2. The number of methoxy groups -OCH3 is 1. The van der Waals surface area contributed by atoms with Crippen LogP contribution >= 0.6 is 0 Å². The summed E-state index contributed by atoms with van der Waals surface area (Å²) in [6.07, 6.45) is 5.10. The number of rotatable bonds is 6. The average molecular weight is 349 g/mol. The van der Waals surface area contributed by atoms with Gasteiger partial charge < -0.3 is 4.74 Å². The summed E-state index contributed by atoms with van der Waals surface area (Å²) in [7, 11) is 1.77. The van der Waals surface area contributed by atoms with Gasteiger partial charge in [0.1, 0.15) is 5.75 Å². The first-order valence-electron chi connectivity index (χ1n) is 9.76. The number of likely N-dealkylation sites (tertiary alicyclic amines) is 1. The van der Waals surface area contributed by atoms with Crippen molar-refractivity contribution < 1.29 is 9.53 Å². The molecule has 2 aromatic rings. The molecule has 2 unspecified atom stereocenters. The highest BCUT2D eigenvalue weighted by Crippen LogP contribution is 2.44. The highest BCUT2D eigenvalue weighted by atomic mass is 16.5. The number of ether oxygens (including phenoxy) is 1. The maximum Gasteiger partial charge on any atom is 0.162 e. The summed E-state index contributed by atoms with van der Waals surface area (Å²) in [5.41, 5.74) is 3.74. The van der Waals surface area contributed by atoms with Crippen LogP contribution in [0.3, 0.4) is 0 Å². The fourth-order valence-corrected chi connectivity index (χ4v) is 4.83. The van der Waals surface area contributed by atoms with E-state index in [1.54, 1.807) is 7.11 Å². The van der Waals surface area contributed by atoms with Crippen molar-refractivity contribution in [3.63, 3.8) is 0 Å². The smallest absolute Gasteiger partial charge is 0.162 e. The Kier molecular flexibility index (Phi) is 5.07. The van der Waals surface area contributed by atoms with Crippen LogP contribution in [0.25, 0.3) is 0 Å². The minimum Gasteiger partial charge on any atom is -0.496 e. The van der Waals surface area contributed by atoms with Gasteiger partial charge in [-0.15, -0.1) is 0 Å². The van der Waals surface area contributed by atoms with E-state index in [0.717, 1.165) is 37.2 Å². The van der Waals surface area contributed by atoms with E-state index in [1.165, 1.54) is 24.0 Å². The average Bonchev–Trinajstić information content (AvgIpc) is 3.11. The molecule has 0 aromatic heterocycles. The maximum absolute atomic E-state index is 12.3. The standard InChI is InChI=1S/C23H27NO2/c1-26-23-11-5-9-18-19-14-16-24(21(19)13-12-20(18)23)15-6-10-22(25)17-7-3-2-4-8-17/h2-5,7-9,11,19,21H,6,10,12-16H2,1H3. The Labute approximate surface area is 156 Å². The van der Waals surface area contributed by atoms with Gasteiger partial charge in [0, 0.05) is 23.9 Å². The third-order valence-corrected chi connectivity index (χ3v) is 6.08. The SMILES string of the molecule is COc1cccc2c1CCC1C2CCN1CCCC(=O)c1ccccc1. The van der Waals surface area contributed by atoms with Crippen LogP contribution in [-0.4, -0.2) is 36.9 Å². The van der Waals surface area contributed by atoms with Gasteiger partial charge in [-0.05, 0) is 56.0 Å². The second-order valence-electron chi connectivity index (χ2n) is 7.46. The minimum atomic E-state index is 0.264. The first-order chi connectivity index (χ1) is 12.8. The van der Waals surface area contributed by atoms with E-state index in [-0.39, 0.29) is 5.78 Å². The number of benzene rings is 2. The molecule has 0 saturated carbocycles. The van der Waals surface area contributed by atoms with Gasteiger partial charge in [-0.2, -0.15) is 0 Å². The molecule has 1 aliphatic heterocycles. The van der Waals surface area contributed by atoms with Crippen molar-refractivity contribution in [3.8, 4) is 5.75 Å². The summed E-state index contributed by atoms with van der Waals surface area (Å²) in [6.45, 7) is 2.17. The zero-order valence-electron chi connectivity index (χ0n) is 15.5.